The van der Waals surface area contributed by atoms with Gasteiger partial charge in [0.2, 0.25) is 0 Å². The molecule has 0 unspecified atom stereocenters. The van der Waals surface area contributed by atoms with E-state index in [9.17, 15) is 14.7 Å². The van der Waals surface area contributed by atoms with Gasteiger partial charge in [0.25, 0.3) is 0 Å². The molecule has 11 heteroatoms. The summed E-state index contributed by atoms with van der Waals surface area (Å²) < 4.78 is 27.4. The number of allylic oxidation sites excluding steroid dienone is 1. The Morgan fingerprint density at radius 3 is 2.02 bits per heavy atom. The standard InChI is InChI=1S/C40H61NO8Si2/c1-11-50(12-2,13-3)48-30-22-29-39(45,25-41(29)24-27-20-18-17-19-21-27)33-35-40(47-36(44)46-35)23-28(42)26(7)31(37(40,8)9)32(34(43)38(30,33)10)49-51(14-4,15-5)16-6/h17-21,29-30,32-33,35,45H,11-16,22-25H2,1-10H3/t29-,30+,32-,33+,35+,38-,39+,40-/m1/s1. The predicted molar refractivity (Wildman–Crippen MR) is 201 cm³/mol. The fourth-order valence-electron chi connectivity index (χ4n) is 11.0. The summed E-state index contributed by atoms with van der Waals surface area (Å²) in [5.41, 5.74) is -2.99. The van der Waals surface area contributed by atoms with Crippen molar-refractivity contribution in [3.63, 3.8) is 0 Å². The summed E-state index contributed by atoms with van der Waals surface area (Å²) in [4.78, 5) is 46.2. The zero-order valence-electron chi connectivity index (χ0n) is 32.6. The molecule has 4 fully saturated rings. The van der Waals surface area contributed by atoms with E-state index < -0.39 is 69.1 Å². The molecular weight excluding hydrogens is 679 g/mol. The van der Waals surface area contributed by atoms with Gasteiger partial charge in [0.15, 0.2) is 39.9 Å². The highest BCUT2D eigenvalue weighted by molar-refractivity contribution is 6.74. The molecule has 0 radical (unpaired) electrons. The first kappa shape index (κ1) is 38.6. The second kappa shape index (κ2) is 13.3. The average Bonchev–Trinajstić information content (AvgIpc) is 3.44. The van der Waals surface area contributed by atoms with E-state index in [1.54, 1.807) is 6.92 Å². The van der Waals surface area contributed by atoms with Crippen LogP contribution in [0.2, 0.25) is 36.3 Å². The van der Waals surface area contributed by atoms with Crippen LogP contribution >= 0.6 is 0 Å². The maximum Gasteiger partial charge on any atom is 0.509 e. The zero-order chi connectivity index (χ0) is 37.4. The number of benzene rings is 1. The van der Waals surface area contributed by atoms with Crippen molar-refractivity contribution in [3.8, 4) is 0 Å². The van der Waals surface area contributed by atoms with E-state index in [4.69, 9.17) is 18.3 Å². The summed E-state index contributed by atoms with van der Waals surface area (Å²) >= 11 is 0. The minimum atomic E-state index is -2.48. The number of fused-ring (bicyclic) bond motifs is 5. The Morgan fingerprint density at radius 2 is 1.45 bits per heavy atom. The van der Waals surface area contributed by atoms with Crippen molar-refractivity contribution in [2.45, 2.75) is 160 Å². The molecular formula is C40H61NO8Si2. The first-order valence-electron chi connectivity index (χ1n) is 19.6. The molecule has 2 saturated carbocycles. The van der Waals surface area contributed by atoms with Crippen molar-refractivity contribution in [2.24, 2.45) is 16.7 Å². The van der Waals surface area contributed by atoms with Gasteiger partial charge in [-0.3, -0.25) is 14.5 Å². The van der Waals surface area contributed by atoms with Gasteiger partial charge in [-0.15, -0.1) is 0 Å². The summed E-state index contributed by atoms with van der Waals surface area (Å²) in [5.74, 6) is -1.26. The van der Waals surface area contributed by atoms with Gasteiger partial charge < -0.3 is 23.4 Å². The normalized spacial score (nSPS) is 36.3. The average molecular weight is 740 g/mol. The van der Waals surface area contributed by atoms with Crippen LogP contribution in [-0.4, -0.2) is 86.5 Å². The predicted octanol–water partition coefficient (Wildman–Crippen LogP) is 7.58. The van der Waals surface area contributed by atoms with Crippen molar-refractivity contribution < 1.29 is 37.8 Å². The molecule has 5 aliphatic rings. The highest BCUT2D eigenvalue weighted by Gasteiger charge is 2.80. The van der Waals surface area contributed by atoms with E-state index in [-0.39, 0.29) is 30.6 Å². The number of carbonyl (C=O) groups excluding carboxylic acids is 3. The molecule has 8 atom stereocenters. The van der Waals surface area contributed by atoms with Crippen LogP contribution in [0.4, 0.5) is 4.79 Å². The number of Topliss-reactive ketones (excluding diaryl/α,β-unsaturated/α-hetero) is 2. The van der Waals surface area contributed by atoms with Gasteiger partial charge >= 0.3 is 6.16 Å². The third-order valence-electron chi connectivity index (χ3n) is 14.9. The molecule has 282 valence electrons. The Hall–Kier alpha value is -2.16. The number of carbonyl (C=O) groups is 3. The third kappa shape index (κ3) is 5.45. The maximum atomic E-state index is 16.1. The fraction of sp³-hybridized carbons (Fsp3) is 0.725. The van der Waals surface area contributed by atoms with Gasteiger partial charge in [-0.05, 0) is 73.2 Å². The first-order valence-corrected chi connectivity index (χ1v) is 24.6. The molecule has 51 heavy (non-hydrogen) atoms. The van der Waals surface area contributed by atoms with Gasteiger partial charge in [0.1, 0.15) is 11.7 Å². The lowest BCUT2D eigenvalue weighted by Crippen LogP contribution is -2.84. The van der Waals surface area contributed by atoms with Gasteiger partial charge in [-0.2, -0.15) is 0 Å². The molecule has 3 aliphatic carbocycles. The smallest absolute Gasteiger partial charge is 0.426 e. The van der Waals surface area contributed by atoms with Gasteiger partial charge in [-0.1, -0.05) is 85.7 Å². The minimum Gasteiger partial charge on any atom is -0.426 e. The van der Waals surface area contributed by atoms with Gasteiger partial charge in [0.05, 0.1) is 17.9 Å². The van der Waals surface area contributed by atoms with Gasteiger partial charge in [0, 0.05) is 30.5 Å². The summed E-state index contributed by atoms with van der Waals surface area (Å²) in [6, 6.07) is 14.9. The second-order valence-corrected chi connectivity index (χ2v) is 26.3. The Kier molecular flexibility index (Phi) is 10.1. The van der Waals surface area contributed by atoms with Crippen molar-refractivity contribution in [1.29, 1.82) is 0 Å². The van der Waals surface area contributed by atoms with E-state index in [2.05, 4.69) is 58.6 Å². The number of hydrogen-bond donors (Lipinski definition) is 1. The largest absolute Gasteiger partial charge is 0.509 e. The van der Waals surface area contributed by atoms with Crippen LogP contribution in [-0.2, 0) is 34.5 Å². The Bertz CT molecular complexity index is 1560. The van der Waals surface area contributed by atoms with Crippen molar-refractivity contribution in [3.05, 3.63) is 47.0 Å². The van der Waals surface area contributed by atoms with E-state index in [1.807, 2.05) is 39.0 Å². The number of rotatable bonds is 12. The van der Waals surface area contributed by atoms with E-state index >= 15 is 4.79 Å². The van der Waals surface area contributed by atoms with E-state index in [0.29, 0.717) is 24.1 Å². The van der Waals surface area contributed by atoms with Crippen LogP contribution in [0.5, 0.6) is 0 Å². The quantitative estimate of drug-likeness (QED) is 0.171. The number of β-amino-alcohol motifs (C(OH)–C–C–N with tert-alkyl or cyclic N) is 1. The lowest BCUT2D eigenvalue weighted by Gasteiger charge is -2.69. The lowest BCUT2D eigenvalue weighted by molar-refractivity contribution is -0.286. The Balaban J connectivity index is 1.62. The Morgan fingerprint density at radius 1 is 0.882 bits per heavy atom. The number of ketones is 2. The van der Waals surface area contributed by atoms with E-state index in [1.165, 1.54) is 0 Å². The molecule has 1 spiro atoms. The molecule has 6 rings (SSSR count). The molecule has 2 aliphatic heterocycles. The summed E-state index contributed by atoms with van der Waals surface area (Å²) in [6.07, 6.45) is -3.19. The van der Waals surface area contributed by atoms with Crippen molar-refractivity contribution in [2.75, 3.05) is 6.54 Å². The number of nitrogens with zero attached hydrogens (tertiary/aromatic N) is 1. The van der Waals surface area contributed by atoms with Crippen LogP contribution in [0.1, 0.15) is 87.6 Å². The summed E-state index contributed by atoms with van der Waals surface area (Å²) in [5, 5.41) is 13.2. The van der Waals surface area contributed by atoms with Crippen LogP contribution in [0.3, 0.4) is 0 Å². The number of likely N-dealkylation sites (tertiary alicyclic amines) is 1. The first-order chi connectivity index (χ1) is 24.0. The molecule has 0 aromatic heterocycles. The monoisotopic (exact) mass is 739 g/mol. The molecule has 1 aromatic carbocycles. The number of aliphatic hydroxyl groups is 1. The van der Waals surface area contributed by atoms with Crippen LogP contribution < -0.4 is 0 Å². The van der Waals surface area contributed by atoms with Crippen LogP contribution in [0.25, 0.3) is 0 Å². The van der Waals surface area contributed by atoms with Crippen molar-refractivity contribution >= 4 is 34.4 Å². The summed E-state index contributed by atoms with van der Waals surface area (Å²) in [6.45, 7) is 21.6. The molecule has 1 N–H and O–H groups in total. The highest BCUT2D eigenvalue weighted by Crippen LogP contribution is 2.66. The van der Waals surface area contributed by atoms with Gasteiger partial charge in [-0.25, -0.2) is 4.79 Å². The zero-order valence-corrected chi connectivity index (χ0v) is 34.6. The number of hydrogen-bond acceptors (Lipinski definition) is 9. The fourth-order valence-corrected chi connectivity index (χ4v) is 16.7. The molecule has 2 bridgehead atoms. The molecule has 1 aromatic rings. The highest BCUT2D eigenvalue weighted by atomic mass is 28.4. The molecule has 0 amide bonds. The number of ether oxygens (including phenoxy) is 2. The second-order valence-electron chi connectivity index (χ2n) is 16.9. The summed E-state index contributed by atoms with van der Waals surface area (Å²) in [7, 11) is -4.83. The maximum absolute atomic E-state index is 16.1. The van der Waals surface area contributed by atoms with Crippen LogP contribution in [0.15, 0.2) is 41.5 Å². The lowest BCUT2D eigenvalue weighted by atomic mass is 9.44. The Labute approximate surface area is 307 Å². The minimum absolute atomic E-state index is 0.0886. The van der Waals surface area contributed by atoms with Crippen molar-refractivity contribution in [1.82, 2.24) is 4.90 Å². The molecule has 2 heterocycles. The third-order valence-corrected chi connectivity index (χ3v) is 24.1. The topological polar surface area (TPSA) is 112 Å². The van der Waals surface area contributed by atoms with Crippen LogP contribution in [0, 0.1) is 16.7 Å². The van der Waals surface area contributed by atoms with E-state index in [0.717, 1.165) is 41.8 Å². The molecule has 2 saturated heterocycles. The molecule has 9 nitrogen and oxygen atoms in total. The SMILES string of the molecule is CC[Si](CC)(CC)O[C@H]1C(=O)[C@]2(C)[C@@H](O[Si](CC)(CC)CC)C[C@H]3N(Cc4ccccc4)C[C@@]3(O)[C@H]2[C@@H]2OC(=O)O[C@]23CC(=O)C(C)=C1C3(C)C.